The summed E-state index contributed by atoms with van der Waals surface area (Å²) in [5.74, 6) is 0.720. The van der Waals surface area contributed by atoms with Gasteiger partial charge in [0, 0.05) is 32.5 Å². The summed E-state index contributed by atoms with van der Waals surface area (Å²) in [5.41, 5.74) is 5.37. The summed E-state index contributed by atoms with van der Waals surface area (Å²) in [6.45, 7) is 1.40. The molecule has 0 fully saturated rings. The van der Waals surface area contributed by atoms with Crippen LogP contribution >= 0.6 is 0 Å². The Morgan fingerprint density at radius 2 is 2.09 bits per heavy atom. The molecule has 0 aromatic carbocycles. The predicted molar refractivity (Wildman–Crippen MR) is 44.4 cm³/mol. The van der Waals surface area contributed by atoms with Crippen LogP contribution in [0.1, 0.15) is 0 Å². The molecule has 1 aromatic rings. The van der Waals surface area contributed by atoms with Gasteiger partial charge in [-0.1, -0.05) is 0 Å². The third-order valence-electron chi connectivity index (χ3n) is 1.36. The molecule has 1 heterocycles. The molecule has 0 bridgehead atoms. The Balaban J connectivity index is 2.61. The van der Waals surface area contributed by atoms with E-state index in [1.807, 2.05) is 11.9 Å². The number of anilines is 1. The third-order valence-corrected chi connectivity index (χ3v) is 1.36. The van der Waals surface area contributed by atoms with Gasteiger partial charge >= 0.3 is 0 Å². The zero-order valence-electron chi connectivity index (χ0n) is 6.57. The van der Waals surface area contributed by atoms with Crippen LogP contribution in [0.15, 0.2) is 18.5 Å². The fraction of sp³-hybridized carbons (Fsp3) is 0.429. The second-order valence-electron chi connectivity index (χ2n) is 2.26. The lowest BCUT2D eigenvalue weighted by molar-refractivity contribution is 0.846. The van der Waals surface area contributed by atoms with E-state index >= 15 is 0 Å². The average molecular weight is 152 g/mol. The molecule has 0 aliphatic heterocycles. The van der Waals surface area contributed by atoms with Crippen molar-refractivity contribution < 1.29 is 0 Å². The quantitative estimate of drug-likeness (QED) is 0.655. The second-order valence-corrected chi connectivity index (χ2v) is 2.26. The van der Waals surface area contributed by atoms with Gasteiger partial charge in [-0.2, -0.15) is 0 Å². The SMILES string of the molecule is CN(CCN)c1ncccn1. The van der Waals surface area contributed by atoms with Crippen LogP contribution in [-0.2, 0) is 0 Å². The molecular weight excluding hydrogens is 140 g/mol. The summed E-state index contributed by atoms with van der Waals surface area (Å²) in [5, 5.41) is 0. The van der Waals surface area contributed by atoms with Gasteiger partial charge in [-0.3, -0.25) is 0 Å². The van der Waals surface area contributed by atoms with Crippen molar-refractivity contribution in [2.75, 3.05) is 25.0 Å². The van der Waals surface area contributed by atoms with Gasteiger partial charge in [0.25, 0.3) is 0 Å². The molecule has 0 amide bonds. The molecule has 4 nitrogen and oxygen atoms in total. The maximum Gasteiger partial charge on any atom is 0.225 e. The molecule has 0 aliphatic rings. The molecule has 2 N–H and O–H groups in total. The minimum Gasteiger partial charge on any atom is -0.343 e. The number of nitrogens with two attached hydrogens (primary N) is 1. The number of likely N-dealkylation sites (N-methyl/N-ethyl adjacent to an activating group) is 1. The molecule has 0 saturated heterocycles. The molecular formula is C7H12N4. The van der Waals surface area contributed by atoms with Crippen molar-refractivity contribution in [3.8, 4) is 0 Å². The highest BCUT2D eigenvalue weighted by molar-refractivity contribution is 5.26. The van der Waals surface area contributed by atoms with Crippen LogP contribution in [0, 0.1) is 0 Å². The minimum absolute atomic E-state index is 0.620. The zero-order chi connectivity index (χ0) is 8.10. The summed E-state index contributed by atoms with van der Waals surface area (Å²) >= 11 is 0. The van der Waals surface area contributed by atoms with Crippen molar-refractivity contribution >= 4 is 5.95 Å². The molecule has 11 heavy (non-hydrogen) atoms. The van der Waals surface area contributed by atoms with Gasteiger partial charge in [0.2, 0.25) is 5.95 Å². The lowest BCUT2D eigenvalue weighted by atomic mass is 10.5. The Kier molecular flexibility index (Phi) is 2.80. The van der Waals surface area contributed by atoms with Crippen LogP contribution in [0.4, 0.5) is 5.95 Å². The Morgan fingerprint density at radius 3 is 2.64 bits per heavy atom. The highest BCUT2D eigenvalue weighted by Crippen LogP contribution is 1.99. The van der Waals surface area contributed by atoms with Crippen molar-refractivity contribution in [1.29, 1.82) is 0 Å². The zero-order valence-corrected chi connectivity index (χ0v) is 6.57. The third kappa shape index (κ3) is 2.16. The minimum atomic E-state index is 0.620. The molecule has 0 unspecified atom stereocenters. The fourth-order valence-corrected chi connectivity index (χ4v) is 0.782. The van der Waals surface area contributed by atoms with E-state index in [2.05, 4.69) is 9.97 Å². The van der Waals surface area contributed by atoms with E-state index in [1.165, 1.54) is 0 Å². The predicted octanol–water partition coefficient (Wildman–Crippen LogP) is -0.129. The fourth-order valence-electron chi connectivity index (χ4n) is 0.782. The molecule has 0 radical (unpaired) electrons. The number of hydrogen-bond acceptors (Lipinski definition) is 4. The smallest absolute Gasteiger partial charge is 0.225 e. The summed E-state index contributed by atoms with van der Waals surface area (Å²) < 4.78 is 0. The van der Waals surface area contributed by atoms with E-state index in [1.54, 1.807) is 18.5 Å². The summed E-state index contributed by atoms with van der Waals surface area (Å²) in [6, 6.07) is 1.79. The van der Waals surface area contributed by atoms with Crippen LogP contribution in [0.3, 0.4) is 0 Å². The molecule has 1 rings (SSSR count). The van der Waals surface area contributed by atoms with Crippen LogP contribution in [0.2, 0.25) is 0 Å². The van der Waals surface area contributed by atoms with Crippen LogP contribution in [-0.4, -0.2) is 30.1 Å². The largest absolute Gasteiger partial charge is 0.343 e. The number of rotatable bonds is 3. The first-order valence-corrected chi connectivity index (χ1v) is 3.53. The summed E-state index contributed by atoms with van der Waals surface area (Å²) in [7, 11) is 1.92. The van der Waals surface area contributed by atoms with Crippen molar-refractivity contribution in [3.05, 3.63) is 18.5 Å². The topological polar surface area (TPSA) is 55.0 Å². The lowest BCUT2D eigenvalue weighted by Gasteiger charge is -2.14. The summed E-state index contributed by atoms with van der Waals surface area (Å²) in [6.07, 6.45) is 3.44. The van der Waals surface area contributed by atoms with E-state index in [-0.39, 0.29) is 0 Å². The monoisotopic (exact) mass is 152 g/mol. The van der Waals surface area contributed by atoms with Crippen molar-refractivity contribution in [3.63, 3.8) is 0 Å². The Hall–Kier alpha value is -1.16. The molecule has 0 aliphatic carbocycles. The number of aromatic nitrogens is 2. The standard InChI is InChI=1S/C7H12N4/c1-11(6-3-8)7-9-4-2-5-10-7/h2,4-5H,3,6,8H2,1H3. The molecule has 0 saturated carbocycles. The van der Waals surface area contributed by atoms with Crippen LogP contribution in [0.5, 0.6) is 0 Å². The van der Waals surface area contributed by atoms with Crippen LogP contribution < -0.4 is 10.6 Å². The maximum atomic E-state index is 5.37. The highest BCUT2D eigenvalue weighted by Gasteiger charge is 1.98. The highest BCUT2D eigenvalue weighted by atomic mass is 15.2. The number of nitrogens with zero attached hydrogens (tertiary/aromatic N) is 3. The van der Waals surface area contributed by atoms with E-state index < -0.39 is 0 Å². The normalized spacial score (nSPS) is 9.64. The number of hydrogen-bond donors (Lipinski definition) is 1. The second kappa shape index (κ2) is 3.88. The van der Waals surface area contributed by atoms with E-state index in [9.17, 15) is 0 Å². The van der Waals surface area contributed by atoms with Gasteiger partial charge in [-0.05, 0) is 6.07 Å². The van der Waals surface area contributed by atoms with E-state index in [0.29, 0.717) is 6.54 Å². The van der Waals surface area contributed by atoms with Crippen molar-refractivity contribution in [2.45, 2.75) is 0 Å². The molecule has 1 aromatic heterocycles. The van der Waals surface area contributed by atoms with Gasteiger partial charge in [0.1, 0.15) is 0 Å². The van der Waals surface area contributed by atoms with Gasteiger partial charge in [-0.15, -0.1) is 0 Å². The van der Waals surface area contributed by atoms with Gasteiger partial charge in [0.05, 0.1) is 0 Å². The van der Waals surface area contributed by atoms with Gasteiger partial charge in [0.15, 0.2) is 0 Å². The first kappa shape index (κ1) is 7.94. The van der Waals surface area contributed by atoms with E-state index in [4.69, 9.17) is 5.73 Å². The lowest BCUT2D eigenvalue weighted by Crippen LogP contribution is -2.26. The Labute approximate surface area is 66.1 Å². The average Bonchev–Trinajstić information content (AvgIpc) is 2.07. The molecule has 4 heteroatoms. The van der Waals surface area contributed by atoms with Crippen molar-refractivity contribution in [2.24, 2.45) is 5.73 Å². The molecule has 0 spiro atoms. The first-order chi connectivity index (χ1) is 5.34. The summed E-state index contributed by atoms with van der Waals surface area (Å²) in [4.78, 5) is 10.0. The maximum absolute atomic E-state index is 5.37. The first-order valence-electron chi connectivity index (χ1n) is 3.53. The molecule has 0 atom stereocenters. The Morgan fingerprint density at radius 1 is 1.45 bits per heavy atom. The van der Waals surface area contributed by atoms with Crippen molar-refractivity contribution in [1.82, 2.24) is 9.97 Å². The van der Waals surface area contributed by atoms with E-state index in [0.717, 1.165) is 12.5 Å². The molecule has 60 valence electrons. The van der Waals surface area contributed by atoms with Gasteiger partial charge < -0.3 is 10.6 Å². The van der Waals surface area contributed by atoms with Gasteiger partial charge in [-0.25, -0.2) is 9.97 Å². The Bertz CT molecular complexity index is 199. The van der Waals surface area contributed by atoms with Crippen LogP contribution in [0.25, 0.3) is 0 Å².